The van der Waals surface area contributed by atoms with Crippen LogP contribution in [0.1, 0.15) is 49.7 Å². The number of anilines is 1. The maximum absolute atomic E-state index is 12.6. The zero-order chi connectivity index (χ0) is 15.5. The fourth-order valence-electron chi connectivity index (χ4n) is 3.86. The summed E-state index contributed by atoms with van der Waals surface area (Å²) in [4.78, 5) is 24.0. The molecule has 0 aliphatic heterocycles. The van der Waals surface area contributed by atoms with Gasteiger partial charge in [0, 0.05) is 5.69 Å². The first-order chi connectivity index (χ1) is 10.7. The van der Waals surface area contributed by atoms with Crippen LogP contribution < -0.4 is 5.32 Å². The van der Waals surface area contributed by atoms with E-state index in [-0.39, 0.29) is 5.91 Å². The lowest BCUT2D eigenvalue weighted by molar-refractivity contribution is -0.147. The molecule has 0 saturated heterocycles. The number of fused-ring (bicyclic) bond motifs is 1. The molecule has 3 rings (SSSR count). The molecule has 1 saturated carbocycles. The van der Waals surface area contributed by atoms with Crippen molar-refractivity contribution >= 4 is 17.6 Å². The van der Waals surface area contributed by atoms with Gasteiger partial charge < -0.3 is 10.4 Å². The lowest BCUT2D eigenvalue weighted by Crippen LogP contribution is -2.36. The highest BCUT2D eigenvalue weighted by atomic mass is 16.4. The van der Waals surface area contributed by atoms with Crippen LogP contribution in [0.2, 0.25) is 0 Å². The Morgan fingerprint density at radius 1 is 1.00 bits per heavy atom. The van der Waals surface area contributed by atoms with Crippen molar-refractivity contribution in [2.45, 2.75) is 51.4 Å². The molecule has 0 aromatic heterocycles. The van der Waals surface area contributed by atoms with Crippen LogP contribution in [0.25, 0.3) is 0 Å². The number of carbonyl (C=O) groups excluding carboxylic acids is 1. The molecule has 0 spiro atoms. The maximum Gasteiger partial charge on any atom is 0.307 e. The van der Waals surface area contributed by atoms with Crippen molar-refractivity contribution in [2.75, 3.05) is 5.32 Å². The minimum atomic E-state index is -0.838. The molecule has 2 aliphatic carbocycles. The van der Waals surface area contributed by atoms with Gasteiger partial charge >= 0.3 is 5.97 Å². The van der Waals surface area contributed by atoms with E-state index in [4.69, 9.17) is 0 Å². The normalized spacial score (nSPS) is 24.4. The summed E-state index contributed by atoms with van der Waals surface area (Å²) in [5.41, 5.74) is 3.45. The molecular formula is C18H23NO3. The second-order valence-electron chi connectivity index (χ2n) is 6.48. The Labute approximate surface area is 130 Å². The average Bonchev–Trinajstić information content (AvgIpc) is 2.55. The number of benzene rings is 1. The molecule has 2 aliphatic rings. The fourth-order valence-corrected chi connectivity index (χ4v) is 3.86. The van der Waals surface area contributed by atoms with E-state index in [1.54, 1.807) is 0 Å². The van der Waals surface area contributed by atoms with Crippen molar-refractivity contribution in [1.29, 1.82) is 0 Å². The molecule has 1 aromatic rings. The molecule has 0 bridgehead atoms. The molecule has 1 fully saturated rings. The molecule has 4 nitrogen and oxygen atoms in total. The third-order valence-corrected chi connectivity index (χ3v) is 5.07. The number of carboxylic acids is 1. The van der Waals surface area contributed by atoms with Crippen molar-refractivity contribution < 1.29 is 14.7 Å². The van der Waals surface area contributed by atoms with Crippen LogP contribution in [-0.4, -0.2) is 17.0 Å². The highest BCUT2D eigenvalue weighted by Gasteiger charge is 2.35. The number of amides is 1. The molecular weight excluding hydrogens is 278 g/mol. The van der Waals surface area contributed by atoms with Crippen molar-refractivity contribution in [3.05, 3.63) is 29.3 Å². The van der Waals surface area contributed by atoms with E-state index in [1.807, 2.05) is 12.1 Å². The fraction of sp³-hybridized carbons (Fsp3) is 0.556. The SMILES string of the molecule is O=C(O)[C@H]1CCCC[C@H]1C(=O)Nc1cccc2c1CCCC2. The number of rotatable bonds is 3. The number of carboxylic acid groups (broad SMARTS) is 1. The first kappa shape index (κ1) is 15.1. The minimum absolute atomic E-state index is 0.119. The molecule has 0 radical (unpaired) electrons. The Hall–Kier alpha value is -1.84. The number of nitrogens with one attached hydrogen (secondary N) is 1. The standard InChI is InChI=1S/C18H23NO3/c20-17(14-9-3-4-10-15(14)18(21)22)19-16-11-5-7-12-6-1-2-8-13(12)16/h5,7,11,14-15H,1-4,6,8-10H2,(H,19,20)(H,21,22)/t14-,15+/m1/s1. The van der Waals surface area contributed by atoms with E-state index in [1.165, 1.54) is 17.5 Å². The lowest BCUT2D eigenvalue weighted by atomic mass is 9.78. The molecule has 0 unspecified atom stereocenters. The van der Waals surface area contributed by atoms with Gasteiger partial charge in [-0.2, -0.15) is 0 Å². The van der Waals surface area contributed by atoms with E-state index in [9.17, 15) is 14.7 Å². The van der Waals surface area contributed by atoms with Gasteiger partial charge in [-0.25, -0.2) is 0 Å². The maximum atomic E-state index is 12.6. The summed E-state index contributed by atoms with van der Waals surface area (Å²) >= 11 is 0. The van der Waals surface area contributed by atoms with E-state index in [0.717, 1.165) is 37.8 Å². The molecule has 2 atom stereocenters. The molecule has 2 N–H and O–H groups in total. The summed E-state index contributed by atoms with van der Waals surface area (Å²) in [7, 11) is 0. The van der Waals surface area contributed by atoms with Gasteiger partial charge in [-0.3, -0.25) is 9.59 Å². The van der Waals surface area contributed by atoms with Gasteiger partial charge in [0.15, 0.2) is 0 Å². The van der Waals surface area contributed by atoms with Gasteiger partial charge in [-0.05, 0) is 55.7 Å². The van der Waals surface area contributed by atoms with Crippen molar-refractivity contribution in [3.8, 4) is 0 Å². The number of carbonyl (C=O) groups is 2. The zero-order valence-electron chi connectivity index (χ0n) is 12.8. The van der Waals surface area contributed by atoms with Crippen LogP contribution in [0.15, 0.2) is 18.2 Å². The molecule has 0 heterocycles. The van der Waals surface area contributed by atoms with Crippen LogP contribution in [0, 0.1) is 11.8 Å². The quantitative estimate of drug-likeness (QED) is 0.899. The van der Waals surface area contributed by atoms with E-state index in [0.29, 0.717) is 12.8 Å². The largest absolute Gasteiger partial charge is 0.481 e. The Bertz CT molecular complexity index is 582. The van der Waals surface area contributed by atoms with E-state index >= 15 is 0 Å². The molecule has 118 valence electrons. The Balaban J connectivity index is 1.78. The van der Waals surface area contributed by atoms with Crippen molar-refractivity contribution in [2.24, 2.45) is 11.8 Å². The van der Waals surface area contributed by atoms with Crippen LogP contribution in [0.5, 0.6) is 0 Å². The highest BCUT2D eigenvalue weighted by Crippen LogP contribution is 2.33. The van der Waals surface area contributed by atoms with Crippen LogP contribution >= 0.6 is 0 Å². The first-order valence-corrected chi connectivity index (χ1v) is 8.31. The van der Waals surface area contributed by atoms with Gasteiger partial charge in [-0.15, -0.1) is 0 Å². The van der Waals surface area contributed by atoms with Gasteiger partial charge in [-0.1, -0.05) is 25.0 Å². The van der Waals surface area contributed by atoms with E-state index < -0.39 is 17.8 Å². The summed E-state index contributed by atoms with van der Waals surface area (Å²) in [6.45, 7) is 0. The van der Waals surface area contributed by atoms with Gasteiger partial charge in [0.05, 0.1) is 11.8 Å². The predicted octanol–water partition coefficient (Wildman–Crippen LogP) is 3.39. The van der Waals surface area contributed by atoms with Crippen molar-refractivity contribution in [3.63, 3.8) is 0 Å². The number of hydrogen-bond donors (Lipinski definition) is 2. The summed E-state index contributed by atoms with van der Waals surface area (Å²) in [5.74, 6) is -1.89. The number of hydrogen-bond acceptors (Lipinski definition) is 2. The second kappa shape index (κ2) is 6.51. The summed E-state index contributed by atoms with van der Waals surface area (Å²) < 4.78 is 0. The molecule has 22 heavy (non-hydrogen) atoms. The van der Waals surface area contributed by atoms with E-state index in [2.05, 4.69) is 11.4 Å². The summed E-state index contributed by atoms with van der Waals surface area (Å²) in [5, 5.41) is 12.4. The number of aliphatic carboxylic acids is 1. The molecule has 1 aromatic carbocycles. The average molecular weight is 301 g/mol. The highest BCUT2D eigenvalue weighted by molar-refractivity contribution is 5.96. The Morgan fingerprint density at radius 3 is 2.50 bits per heavy atom. The molecule has 1 amide bonds. The Kier molecular flexibility index (Phi) is 4.46. The number of aryl methyl sites for hydroxylation is 1. The monoisotopic (exact) mass is 301 g/mol. The predicted molar refractivity (Wildman–Crippen MR) is 84.8 cm³/mol. The third-order valence-electron chi connectivity index (χ3n) is 5.07. The summed E-state index contributed by atoms with van der Waals surface area (Å²) in [6, 6.07) is 6.06. The molecule has 4 heteroatoms. The second-order valence-corrected chi connectivity index (χ2v) is 6.48. The van der Waals surface area contributed by atoms with Gasteiger partial charge in [0.1, 0.15) is 0 Å². The lowest BCUT2D eigenvalue weighted by Gasteiger charge is -2.28. The summed E-state index contributed by atoms with van der Waals surface area (Å²) in [6.07, 6.45) is 7.56. The van der Waals surface area contributed by atoms with Gasteiger partial charge in [0.25, 0.3) is 0 Å². The first-order valence-electron chi connectivity index (χ1n) is 8.31. The zero-order valence-corrected chi connectivity index (χ0v) is 12.8. The minimum Gasteiger partial charge on any atom is -0.481 e. The van der Waals surface area contributed by atoms with Gasteiger partial charge in [0.2, 0.25) is 5.91 Å². The Morgan fingerprint density at radius 2 is 1.73 bits per heavy atom. The third kappa shape index (κ3) is 3.01. The topological polar surface area (TPSA) is 66.4 Å². The van der Waals surface area contributed by atoms with Crippen LogP contribution in [0.3, 0.4) is 0 Å². The van der Waals surface area contributed by atoms with Crippen molar-refractivity contribution in [1.82, 2.24) is 0 Å². The van der Waals surface area contributed by atoms with Crippen LogP contribution in [0.4, 0.5) is 5.69 Å². The smallest absolute Gasteiger partial charge is 0.307 e. The van der Waals surface area contributed by atoms with Crippen LogP contribution in [-0.2, 0) is 22.4 Å².